The average molecular weight is 456 g/mol. The van der Waals surface area contributed by atoms with Gasteiger partial charge in [-0.15, -0.1) is 0 Å². The summed E-state index contributed by atoms with van der Waals surface area (Å²) < 4.78 is 64.7. The zero-order valence-corrected chi connectivity index (χ0v) is 17.7. The number of hydrogen-bond acceptors (Lipinski definition) is 6. The predicted octanol–water partition coefficient (Wildman–Crippen LogP) is 5.07. The molecule has 0 saturated carbocycles. The molecule has 0 aliphatic heterocycles. The van der Waals surface area contributed by atoms with Gasteiger partial charge in [0.2, 0.25) is 26.6 Å². The quantitative estimate of drug-likeness (QED) is 0.391. The molecule has 0 saturated heterocycles. The number of methoxy groups -OCH3 is 1. The monoisotopic (exact) mass is 456 g/mol. The molecule has 3 aromatic carbocycles. The van der Waals surface area contributed by atoms with Crippen LogP contribution in [-0.2, 0) is 16.4 Å². The van der Waals surface area contributed by atoms with Crippen molar-refractivity contribution in [1.82, 2.24) is 4.98 Å². The molecular formula is C23H18F2N2O4S. The summed E-state index contributed by atoms with van der Waals surface area (Å²) in [4.78, 5) is 3.91. The summed E-state index contributed by atoms with van der Waals surface area (Å²) in [5.41, 5.74) is 0.834. The van der Waals surface area contributed by atoms with Crippen LogP contribution in [0.2, 0.25) is 0 Å². The van der Waals surface area contributed by atoms with Gasteiger partial charge in [-0.25, -0.2) is 17.2 Å². The molecule has 0 radical (unpaired) electrons. The molecule has 164 valence electrons. The second-order valence-electron chi connectivity index (χ2n) is 6.79. The first kappa shape index (κ1) is 21.5. The van der Waals surface area contributed by atoms with Crippen LogP contribution < -0.4 is 10.1 Å². The van der Waals surface area contributed by atoms with Gasteiger partial charge < -0.3 is 14.5 Å². The molecule has 1 N–H and O–H groups in total. The van der Waals surface area contributed by atoms with Crippen LogP contribution in [0.15, 0.2) is 87.1 Å². The largest absolute Gasteiger partial charge is 0.497 e. The summed E-state index contributed by atoms with van der Waals surface area (Å²) in [7, 11) is -2.62. The van der Waals surface area contributed by atoms with Crippen molar-refractivity contribution in [2.24, 2.45) is 0 Å². The molecule has 0 aliphatic rings. The Hall–Kier alpha value is -3.72. The van der Waals surface area contributed by atoms with E-state index < -0.39 is 26.5 Å². The van der Waals surface area contributed by atoms with Gasteiger partial charge in [-0.3, -0.25) is 0 Å². The van der Waals surface area contributed by atoms with Crippen LogP contribution in [0.1, 0.15) is 5.56 Å². The Morgan fingerprint density at radius 1 is 0.969 bits per heavy atom. The number of rotatable bonds is 7. The van der Waals surface area contributed by atoms with Crippen molar-refractivity contribution in [3.05, 3.63) is 90.0 Å². The van der Waals surface area contributed by atoms with E-state index in [1.54, 1.807) is 37.4 Å². The van der Waals surface area contributed by atoms with Gasteiger partial charge in [0.05, 0.1) is 17.6 Å². The number of ether oxygens (including phenoxy) is 1. The van der Waals surface area contributed by atoms with E-state index in [-0.39, 0.29) is 28.8 Å². The number of anilines is 1. The third-order valence-electron chi connectivity index (χ3n) is 4.69. The molecule has 0 aliphatic carbocycles. The number of aromatic nitrogens is 1. The minimum Gasteiger partial charge on any atom is -0.497 e. The lowest BCUT2D eigenvalue weighted by atomic mass is 10.2. The van der Waals surface area contributed by atoms with E-state index in [4.69, 9.17) is 9.15 Å². The lowest BCUT2D eigenvalue weighted by Crippen LogP contribution is -2.07. The summed E-state index contributed by atoms with van der Waals surface area (Å²) in [5, 5.41) is 2.50. The second kappa shape index (κ2) is 8.80. The molecular weight excluding hydrogens is 438 g/mol. The van der Waals surface area contributed by atoms with Crippen LogP contribution in [-0.4, -0.2) is 20.5 Å². The number of benzene rings is 3. The first-order chi connectivity index (χ1) is 15.4. The van der Waals surface area contributed by atoms with Gasteiger partial charge in [-0.2, -0.15) is 4.98 Å². The first-order valence-electron chi connectivity index (χ1n) is 9.51. The second-order valence-corrected chi connectivity index (χ2v) is 8.66. The summed E-state index contributed by atoms with van der Waals surface area (Å²) in [6.45, 7) is 0.210. The van der Waals surface area contributed by atoms with Crippen molar-refractivity contribution in [3.63, 3.8) is 0 Å². The van der Waals surface area contributed by atoms with Crippen LogP contribution in [0.3, 0.4) is 0 Å². The molecule has 0 bridgehead atoms. The van der Waals surface area contributed by atoms with Crippen molar-refractivity contribution < 1.29 is 26.4 Å². The molecule has 6 nitrogen and oxygen atoms in total. The number of sulfone groups is 1. The summed E-state index contributed by atoms with van der Waals surface area (Å²) in [5.74, 6) is -0.852. The number of nitrogens with one attached hydrogen (secondary N) is 1. The summed E-state index contributed by atoms with van der Waals surface area (Å²) in [6.07, 6.45) is 0. The summed E-state index contributed by atoms with van der Waals surface area (Å²) in [6, 6.07) is 17.2. The highest BCUT2D eigenvalue weighted by Gasteiger charge is 2.29. The van der Waals surface area contributed by atoms with Gasteiger partial charge in [0.15, 0.2) is 0 Å². The Labute approximate surface area is 183 Å². The zero-order valence-electron chi connectivity index (χ0n) is 16.9. The Morgan fingerprint density at radius 2 is 1.66 bits per heavy atom. The van der Waals surface area contributed by atoms with Crippen LogP contribution in [0.4, 0.5) is 14.7 Å². The van der Waals surface area contributed by atoms with E-state index in [0.717, 1.165) is 29.8 Å². The number of nitrogens with zero attached hydrogens (tertiary/aromatic N) is 1. The highest BCUT2D eigenvalue weighted by atomic mass is 32.2. The van der Waals surface area contributed by atoms with Crippen LogP contribution in [0.5, 0.6) is 5.75 Å². The standard InChI is InChI=1S/C23H18F2N2O4S/c1-30-17-10-6-15(7-11-17)14-26-22-23(32(28,29)18-12-8-16(24)9-13-18)27-21(31-22)19-4-2-3-5-20(19)25/h2-13,26H,14H2,1H3. The molecule has 4 rings (SSSR count). The smallest absolute Gasteiger partial charge is 0.234 e. The first-order valence-corrected chi connectivity index (χ1v) is 11.0. The Balaban J connectivity index is 1.74. The fourth-order valence-electron chi connectivity index (χ4n) is 3.00. The van der Waals surface area contributed by atoms with E-state index in [2.05, 4.69) is 10.3 Å². The van der Waals surface area contributed by atoms with Gasteiger partial charge in [0.1, 0.15) is 17.4 Å². The number of halogens is 2. The van der Waals surface area contributed by atoms with E-state index in [1.807, 2.05) is 0 Å². The topological polar surface area (TPSA) is 81.4 Å². The highest BCUT2D eigenvalue weighted by molar-refractivity contribution is 7.91. The minimum absolute atomic E-state index is 0.0144. The Bertz CT molecular complexity index is 1340. The van der Waals surface area contributed by atoms with E-state index in [1.165, 1.54) is 18.2 Å². The maximum absolute atomic E-state index is 14.3. The van der Waals surface area contributed by atoms with E-state index in [0.29, 0.717) is 5.75 Å². The van der Waals surface area contributed by atoms with Crippen molar-refractivity contribution in [3.8, 4) is 17.2 Å². The molecule has 1 aromatic heterocycles. The molecule has 32 heavy (non-hydrogen) atoms. The van der Waals surface area contributed by atoms with Crippen LogP contribution in [0, 0.1) is 11.6 Å². The molecule has 0 spiro atoms. The van der Waals surface area contributed by atoms with E-state index >= 15 is 0 Å². The fourth-order valence-corrected chi connectivity index (χ4v) is 4.28. The van der Waals surface area contributed by atoms with Crippen molar-refractivity contribution in [1.29, 1.82) is 0 Å². The van der Waals surface area contributed by atoms with Crippen LogP contribution in [0.25, 0.3) is 11.5 Å². The molecule has 0 amide bonds. The minimum atomic E-state index is -4.18. The fraction of sp³-hybridized carbons (Fsp3) is 0.0870. The molecule has 0 fully saturated rings. The summed E-state index contributed by atoms with van der Waals surface area (Å²) >= 11 is 0. The zero-order chi connectivity index (χ0) is 22.7. The third-order valence-corrected chi connectivity index (χ3v) is 6.37. The van der Waals surface area contributed by atoms with Gasteiger partial charge in [-0.05, 0) is 54.1 Å². The SMILES string of the molecule is COc1ccc(CNc2oc(-c3ccccc3F)nc2S(=O)(=O)c2ccc(F)cc2)cc1. The molecule has 9 heteroatoms. The van der Waals surface area contributed by atoms with Crippen molar-refractivity contribution in [2.45, 2.75) is 16.5 Å². The van der Waals surface area contributed by atoms with Crippen molar-refractivity contribution in [2.75, 3.05) is 12.4 Å². The Kier molecular flexibility index (Phi) is 5.91. The van der Waals surface area contributed by atoms with Gasteiger partial charge in [0.25, 0.3) is 0 Å². The van der Waals surface area contributed by atoms with Crippen molar-refractivity contribution >= 4 is 15.7 Å². The normalized spacial score (nSPS) is 11.3. The Morgan fingerprint density at radius 3 is 2.31 bits per heavy atom. The van der Waals surface area contributed by atoms with Gasteiger partial charge in [-0.1, -0.05) is 24.3 Å². The van der Waals surface area contributed by atoms with Gasteiger partial charge in [0, 0.05) is 6.54 Å². The third kappa shape index (κ3) is 4.33. The maximum Gasteiger partial charge on any atom is 0.234 e. The molecule has 0 unspecified atom stereocenters. The highest BCUT2D eigenvalue weighted by Crippen LogP contribution is 2.33. The molecule has 1 heterocycles. The van der Waals surface area contributed by atoms with Gasteiger partial charge >= 0.3 is 0 Å². The lowest BCUT2D eigenvalue weighted by molar-refractivity contribution is 0.414. The lowest BCUT2D eigenvalue weighted by Gasteiger charge is -2.07. The predicted molar refractivity (Wildman–Crippen MR) is 114 cm³/mol. The maximum atomic E-state index is 14.3. The van der Waals surface area contributed by atoms with E-state index in [9.17, 15) is 17.2 Å². The number of hydrogen-bond donors (Lipinski definition) is 1. The van der Waals surface area contributed by atoms with Crippen LogP contribution >= 0.6 is 0 Å². The number of oxazole rings is 1. The molecule has 4 aromatic rings. The molecule has 0 atom stereocenters. The average Bonchev–Trinajstić information content (AvgIpc) is 3.23.